The van der Waals surface area contributed by atoms with Crippen molar-refractivity contribution in [2.45, 2.75) is 43.9 Å². The highest BCUT2D eigenvalue weighted by Gasteiger charge is 2.48. The zero-order chi connectivity index (χ0) is 20.0. The fraction of sp³-hybridized carbons (Fsp3) is 0.500. The highest BCUT2D eigenvalue weighted by molar-refractivity contribution is 6.11. The average Bonchev–Trinajstić information content (AvgIpc) is 3.50. The van der Waals surface area contributed by atoms with Gasteiger partial charge in [-0.05, 0) is 25.0 Å². The number of carbonyl (C=O) groups is 1. The number of nitrogens with zero attached hydrogens (tertiary/aromatic N) is 5. The molecule has 4 atom stereocenters. The van der Waals surface area contributed by atoms with Crippen molar-refractivity contribution in [2.24, 2.45) is 4.99 Å². The summed E-state index contributed by atoms with van der Waals surface area (Å²) in [4.78, 5) is 26.2. The van der Waals surface area contributed by atoms with E-state index in [-0.39, 0.29) is 30.4 Å². The third-order valence-electron chi connectivity index (χ3n) is 5.76. The second-order valence-corrected chi connectivity index (χ2v) is 7.71. The first-order valence-corrected chi connectivity index (χ1v) is 9.95. The number of ether oxygens (including phenoxy) is 1. The number of para-hydroxylation sites is 2. The third kappa shape index (κ3) is 3.01. The number of anilines is 2. The van der Waals surface area contributed by atoms with Crippen molar-refractivity contribution in [1.29, 1.82) is 0 Å². The van der Waals surface area contributed by atoms with Crippen molar-refractivity contribution in [3.8, 4) is 0 Å². The number of amides is 1. The minimum Gasteiger partial charge on any atom is -0.396 e. The molecule has 9 heteroatoms. The molecular formula is C20H23N5O4. The molecule has 1 aromatic carbocycles. The molecule has 1 aromatic heterocycles. The van der Waals surface area contributed by atoms with Gasteiger partial charge in [0.15, 0.2) is 11.9 Å². The predicted molar refractivity (Wildman–Crippen MR) is 105 cm³/mol. The Bertz CT molecular complexity index is 938. The summed E-state index contributed by atoms with van der Waals surface area (Å²) in [6.07, 6.45) is 3.68. The number of aliphatic hydroxyl groups is 1. The molecule has 0 radical (unpaired) electrons. The number of rotatable bonds is 5. The average molecular weight is 397 g/mol. The van der Waals surface area contributed by atoms with Crippen LogP contribution in [0, 0.1) is 0 Å². The van der Waals surface area contributed by atoms with Gasteiger partial charge in [-0.15, -0.1) is 0 Å². The molecule has 4 heterocycles. The van der Waals surface area contributed by atoms with Gasteiger partial charge in [0, 0.05) is 12.5 Å². The topological polar surface area (TPSA) is 104 Å². The number of aromatic nitrogens is 2. The Balaban J connectivity index is 1.49. The Morgan fingerprint density at radius 2 is 2.14 bits per heavy atom. The van der Waals surface area contributed by atoms with Crippen LogP contribution in [0.15, 0.2) is 33.8 Å². The summed E-state index contributed by atoms with van der Waals surface area (Å²) in [6, 6.07) is 6.65. The summed E-state index contributed by atoms with van der Waals surface area (Å²) in [6.45, 7) is 2.99. The Labute approximate surface area is 168 Å². The lowest BCUT2D eigenvalue weighted by Gasteiger charge is -2.39. The number of aliphatic hydroxyl groups excluding tert-OH is 1. The van der Waals surface area contributed by atoms with E-state index in [0.717, 1.165) is 30.8 Å². The van der Waals surface area contributed by atoms with Crippen molar-refractivity contribution < 1.29 is 19.2 Å². The molecule has 0 spiro atoms. The van der Waals surface area contributed by atoms with Crippen LogP contribution in [0.1, 0.15) is 43.4 Å². The normalized spacial score (nSPS) is 26.7. The van der Waals surface area contributed by atoms with Crippen LogP contribution < -0.4 is 9.80 Å². The maximum Gasteiger partial charge on any atom is 0.254 e. The smallest absolute Gasteiger partial charge is 0.254 e. The molecule has 1 amide bonds. The van der Waals surface area contributed by atoms with Crippen molar-refractivity contribution in [3.05, 3.63) is 36.0 Å². The zero-order valence-corrected chi connectivity index (χ0v) is 16.1. The fourth-order valence-corrected chi connectivity index (χ4v) is 4.13. The SMILES string of the molecule is CC(CO)c1noc(C2N=CN3c4ccccc4N(CC4CCCO4)C(=O)C23)n1. The molecule has 9 nitrogen and oxygen atoms in total. The van der Waals surface area contributed by atoms with Gasteiger partial charge in [-0.1, -0.05) is 24.2 Å². The second kappa shape index (κ2) is 7.23. The van der Waals surface area contributed by atoms with Gasteiger partial charge >= 0.3 is 0 Å². The molecule has 152 valence electrons. The molecule has 2 aromatic rings. The van der Waals surface area contributed by atoms with E-state index in [1.165, 1.54) is 0 Å². The van der Waals surface area contributed by atoms with Gasteiger partial charge in [0.2, 0.25) is 0 Å². The number of benzene rings is 1. The Hall–Kier alpha value is -2.78. The van der Waals surface area contributed by atoms with Crippen LogP contribution in [-0.4, -0.2) is 59.4 Å². The van der Waals surface area contributed by atoms with E-state index in [2.05, 4.69) is 15.1 Å². The summed E-state index contributed by atoms with van der Waals surface area (Å²) >= 11 is 0. The van der Waals surface area contributed by atoms with Crippen LogP contribution >= 0.6 is 0 Å². The standard InChI is InChI=1S/C20H23N5O4/c1-12(10-26)18-22-19(29-23-18)16-17-20(27)24(9-13-5-4-8-28-13)14-6-2-3-7-15(14)25(17)11-21-16/h2-3,6-7,11-13,16-17,26H,4-5,8-10H2,1H3. The second-order valence-electron chi connectivity index (χ2n) is 7.71. The lowest BCUT2D eigenvalue weighted by molar-refractivity contribution is -0.120. The quantitative estimate of drug-likeness (QED) is 0.818. The first-order valence-electron chi connectivity index (χ1n) is 9.95. The summed E-state index contributed by atoms with van der Waals surface area (Å²) in [5.41, 5.74) is 1.78. The first-order chi connectivity index (χ1) is 14.2. The summed E-state index contributed by atoms with van der Waals surface area (Å²) in [7, 11) is 0. The predicted octanol–water partition coefficient (Wildman–Crippen LogP) is 1.65. The lowest BCUT2D eigenvalue weighted by atomic mass is 10.0. The molecule has 0 bridgehead atoms. The summed E-state index contributed by atoms with van der Waals surface area (Å²) in [5, 5.41) is 13.3. The fourth-order valence-electron chi connectivity index (χ4n) is 4.13. The third-order valence-corrected chi connectivity index (χ3v) is 5.76. The minimum atomic E-state index is -0.588. The van der Waals surface area contributed by atoms with Crippen molar-refractivity contribution >= 4 is 23.6 Å². The number of carbonyl (C=O) groups excluding carboxylic acids is 1. The van der Waals surface area contributed by atoms with E-state index >= 15 is 0 Å². The number of aliphatic imine (C=N–C) groups is 1. The molecule has 4 unspecified atom stereocenters. The molecular weight excluding hydrogens is 374 g/mol. The van der Waals surface area contributed by atoms with Crippen molar-refractivity contribution in [1.82, 2.24) is 10.1 Å². The molecule has 3 aliphatic heterocycles. The van der Waals surface area contributed by atoms with Crippen LogP contribution in [0.4, 0.5) is 11.4 Å². The van der Waals surface area contributed by atoms with E-state index < -0.39 is 12.1 Å². The van der Waals surface area contributed by atoms with Crippen molar-refractivity contribution in [3.63, 3.8) is 0 Å². The van der Waals surface area contributed by atoms with Crippen LogP contribution in [-0.2, 0) is 9.53 Å². The number of hydrogen-bond donors (Lipinski definition) is 1. The van der Waals surface area contributed by atoms with E-state index in [1.807, 2.05) is 41.0 Å². The lowest BCUT2D eigenvalue weighted by Crippen LogP contribution is -2.54. The van der Waals surface area contributed by atoms with Gasteiger partial charge in [0.1, 0.15) is 6.04 Å². The summed E-state index contributed by atoms with van der Waals surface area (Å²) < 4.78 is 11.2. The molecule has 0 aliphatic carbocycles. The van der Waals surface area contributed by atoms with E-state index in [4.69, 9.17) is 9.26 Å². The van der Waals surface area contributed by atoms with Crippen LogP contribution in [0.5, 0.6) is 0 Å². The molecule has 3 aliphatic rings. The molecule has 1 N–H and O–H groups in total. The van der Waals surface area contributed by atoms with E-state index in [0.29, 0.717) is 12.4 Å². The molecule has 29 heavy (non-hydrogen) atoms. The zero-order valence-electron chi connectivity index (χ0n) is 16.1. The van der Waals surface area contributed by atoms with Crippen LogP contribution in [0.25, 0.3) is 0 Å². The summed E-state index contributed by atoms with van der Waals surface area (Å²) in [5.74, 6) is 0.398. The maximum atomic E-state index is 13.6. The minimum absolute atomic E-state index is 0.0414. The Morgan fingerprint density at radius 3 is 2.90 bits per heavy atom. The molecule has 5 rings (SSSR count). The monoisotopic (exact) mass is 397 g/mol. The van der Waals surface area contributed by atoms with Gasteiger partial charge in [-0.3, -0.25) is 9.79 Å². The van der Waals surface area contributed by atoms with Gasteiger partial charge < -0.3 is 24.2 Å². The van der Waals surface area contributed by atoms with Gasteiger partial charge in [0.25, 0.3) is 11.8 Å². The van der Waals surface area contributed by atoms with Crippen LogP contribution in [0.2, 0.25) is 0 Å². The number of fused-ring (bicyclic) bond motifs is 3. The Morgan fingerprint density at radius 1 is 1.31 bits per heavy atom. The van der Waals surface area contributed by atoms with Gasteiger partial charge in [-0.25, -0.2) is 0 Å². The van der Waals surface area contributed by atoms with Crippen LogP contribution in [0.3, 0.4) is 0 Å². The molecule has 0 saturated carbocycles. The highest BCUT2D eigenvalue weighted by Crippen LogP contribution is 2.42. The largest absolute Gasteiger partial charge is 0.396 e. The highest BCUT2D eigenvalue weighted by atomic mass is 16.5. The van der Waals surface area contributed by atoms with E-state index in [1.54, 1.807) is 6.34 Å². The van der Waals surface area contributed by atoms with E-state index in [9.17, 15) is 9.90 Å². The van der Waals surface area contributed by atoms with Gasteiger partial charge in [0.05, 0.1) is 37.0 Å². The van der Waals surface area contributed by atoms with Crippen molar-refractivity contribution in [2.75, 3.05) is 29.6 Å². The maximum absolute atomic E-state index is 13.6. The first kappa shape index (κ1) is 18.3. The molecule has 1 fully saturated rings. The number of hydrogen-bond acceptors (Lipinski definition) is 8. The van der Waals surface area contributed by atoms with Gasteiger partial charge in [-0.2, -0.15) is 4.98 Å². The molecule has 1 saturated heterocycles. The Kier molecular flexibility index (Phi) is 4.56.